The highest BCUT2D eigenvalue weighted by Gasteiger charge is 2.38. The highest BCUT2D eigenvalue weighted by molar-refractivity contribution is 5.89. The Balaban J connectivity index is 1.58. The monoisotopic (exact) mass is 344 g/mol. The summed E-state index contributed by atoms with van der Waals surface area (Å²) in [4.78, 5) is 18.6. The van der Waals surface area contributed by atoms with Crippen LogP contribution in [0.15, 0.2) is 79.1 Å². The van der Waals surface area contributed by atoms with Crippen molar-refractivity contribution in [2.45, 2.75) is 18.9 Å². The molecule has 2 heterocycles. The number of hydrogen-bond acceptors (Lipinski definition) is 3. The topological polar surface area (TPSA) is 42.4 Å². The second-order valence-corrected chi connectivity index (χ2v) is 6.66. The van der Waals surface area contributed by atoms with Gasteiger partial charge in [0.15, 0.2) is 0 Å². The number of ether oxygens (including phenoxy) is 1. The van der Waals surface area contributed by atoms with E-state index in [2.05, 4.69) is 4.98 Å². The number of aromatic nitrogens is 1. The summed E-state index contributed by atoms with van der Waals surface area (Å²) in [6.45, 7) is 2.59. The standard InChI is InChI=1S/C22H20N2O2/c1-22(19-9-3-2-4-10-19)12-14-24(21(25)26-22)20-11-5-7-17(15-20)18-8-6-13-23-16-18/h2-11,13,15-16H,12,14H2,1H3/t22-/m1/s1. The molecule has 4 rings (SSSR count). The van der Waals surface area contributed by atoms with Crippen LogP contribution < -0.4 is 4.90 Å². The molecule has 1 aromatic heterocycles. The molecule has 3 aromatic rings. The predicted molar refractivity (Wildman–Crippen MR) is 102 cm³/mol. The molecule has 1 fully saturated rings. The van der Waals surface area contributed by atoms with Gasteiger partial charge in [-0.25, -0.2) is 4.79 Å². The Morgan fingerprint density at radius 2 is 1.81 bits per heavy atom. The van der Waals surface area contributed by atoms with Crippen molar-refractivity contribution >= 4 is 11.8 Å². The van der Waals surface area contributed by atoms with E-state index < -0.39 is 5.60 Å². The molecule has 4 nitrogen and oxygen atoms in total. The van der Waals surface area contributed by atoms with Gasteiger partial charge in [-0.15, -0.1) is 0 Å². The number of hydrogen-bond donors (Lipinski definition) is 0. The van der Waals surface area contributed by atoms with Crippen molar-refractivity contribution in [2.75, 3.05) is 11.4 Å². The average molecular weight is 344 g/mol. The van der Waals surface area contributed by atoms with Crippen LogP contribution in [0.4, 0.5) is 10.5 Å². The number of amides is 1. The number of carbonyl (C=O) groups excluding carboxylic acids is 1. The van der Waals surface area contributed by atoms with Crippen molar-refractivity contribution in [3.8, 4) is 11.1 Å². The lowest BCUT2D eigenvalue weighted by Gasteiger charge is -2.39. The number of pyridine rings is 1. The van der Waals surface area contributed by atoms with E-state index in [1.54, 1.807) is 11.1 Å². The van der Waals surface area contributed by atoms with Gasteiger partial charge in [-0.05, 0) is 36.2 Å². The SMILES string of the molecule is C[C@]1(c2ccccc2)CCN(c2cccc(-c3cccnc3)c2)C(=O)O1. The first-order chi connectivity index (χ1) is 12.7. The van der Waals surface area contributed by atoms with Gasteiger partial charge in [-0.1, -0.05) is 48.5 Å². The maximum absolute atomic E-state index is 12.7. The molecule has 1 aliphatic rings. The lowest BCUT2D eigenvalue weighted by molar-refractivity contribution is 0.00583. The minimum absolute atomic E-state index is 0.314. The quantitative estimate of drug-likeness (QED) is 0.671. The number of carbonyl (C=O) groups is 1. The van der Waals surface area contributed by atoms with E-state index in [0.29, 0.717) is 6.54 Å². The second kappa shape index (κ2) is 6.64. The molecular formula is C22H20N2O2. The summed E-state index contributed by atoms with van der Waals surface area (Å²) < 4.78 is 5.85. The van der Waals surface area contributed by atoms with Gasteiger partial charge in [0.1, 0.15) is 5.60 Å². The molecule has 1 amide bonds. The smallest absolute Gasteiger partial charge is 0.415 e. The fraction of sp³-hybridized carbons (Fsp3) is 0.182. The first-order valence-corrected chi connectivity index (χ1v) is 8.72. The largest absolute Gasteiger partial charge is 0.438 e. The van der Waals surface area contributed by atoms with E-state index in [4.69, 9.17) is 4.74 Å². The summed E-state index contributed by atoms with van der Waals surface area (Å²) in [5, 5.41) is 0. The summed E-state index contributed by atoms with van der Waals surface area (Å²) in [5.74, 6) is 0. The molecule has 0 saturated carbocycles. The molecule has 0 unspecified atom stereocenters. The minimum Gasteiger partial charge on any atom is -0.438 e. The minimum atomic E-state index is -0.587. The Morgan fingerprint density at radius 1 is 1.00 bits per heavy atom. The molecule has 1 atom stereocenters. The maximum atomic E-state index is 12.7. The fourth-order valence-corrected chi connectivity index (χ4v) is 3.33. The van der Waals surface area contributed by atoms with E-state index in [-0.39, 0.29) is 6.09 Å². The fourth-order valence-electron chi connectivity index (χ4n) is 3.33. The Bertz CT molecular complexity index is 912. The van der Waals surface area contributed by atoms with Gasteiger partial charge in [0.2, 0.25) is 0 Å². The van der Waals surface area contributed by atoms with Crippen LogP contribution in [0.5, 0.6) is 0 Å². The Morgan fingerprint density at radius 3 is 2.54 bits per heavy atom. The molecule has 0 aliphatic carbocycles. The molecule has 0 N–H and O–H groups in total. The van der Waals surface area contributed by atoms with Gasteiger partial charge in [0.25, 0.3) is 0 Å². The molecule has 4 heteroatoms. The molecule has 130 valence electrons. The average Bonchev–Trinajstić information content (AvgIpc) is 2.69. The normalized spacial score (nSPS) is 19.9. The second-order valence-electron chi connectivity index (χ2n) is 6.66. The van der Waals surface area contributed by atoms with E-state index in [0.717, 1.165) is 28.8 Å². The summed E-state index contributed by atoms with van der Waals surface area (Å²) >= 11 is 0. The number of nitrogens with zero attached hydrogens (tertiary/aromatic N) is 2. The van der Waals surface area contributed by atoms with Gasteiger partial charge in [0, 0.05) is 36.6 Å². The van der Waals surface area contributed by atoms with E-state index in [1.165, 1.54) is 0 Å². The van der Waals surface area contributed by atoms with Crippen LogP contribution in [-0.2, 0) is 10.3 Å². The molecule has 26 heavy (non-hydrogen) atoms. The lowest BCUT2D eigenvalue weighted by atomic mass is 9.91. The third kappa shape index (κ3) is 3.06. The van der Waals surface area contributed by atoms with Gasteiger partial charge >= 0.3 is 6.09 Å². The Hall–Kier alpha value is -3.14. The van der Waals surface area contributed by atoms with Crippen LogP contribution >= 0.6 is 0 Å². The summed E-state index contributed by atoms with van der Waals surface area (Å²) in [6.07, 6.45) is 3.99. The predicted octanol–water partition coefficient (Wildman–Crippen LogP) is 5.01. The molecular weight excluding hydrogens is 324 g/mol. The zero-order chi connectivity index (χ0) is 18.0. The number of benzene rings is 2. The summed E-state index contributed by atoms with van der Waals surface area (Å²) in [7, 11) is 0. The van der Waals surface area contributed by atoms with Gasteiger partial charge in [0.05, 0.1) is 0 Å². The van der Waals surface area contributed by atoms with Gasteiger partial charge in [-0.2, -0.15) is 0 Å². The molecule has 1 aliphatic heterocycles. The number of anilines is 1. The lowest BCUT2D eigenvalue weighted by Crippen LogP contribution is -2.46. The third-order valence-corrected chi connectivity index (χ3v) is 4.88. The number of rotatable bonds is 3. The Labute approximate surface area is 153 Å². The molecule has 0 bridgehead atoms. The first-order valence-electron chi connectivity index (χ1n) is 8.72. The molecule has 0 radical (unpaired) electrons. The van der Waals surface area contributed by atoms with Gasteiger partial charge in [-0.3, -0.25) is 9.88 Å². The van der Waals surface area contributed by atoms with Crippen molar-refractivity contribution in [1.82, 2.24) is 4.98 Å². The molecule has 2 aromatic carbocycles. The van der Waals surface area contributed by atoms with Crippen molar-refractivity contribution in [3.63, 3.8) is 0 Å². The third-order valence-electron chi connectivity index (χ3n) is 4.88. The molecule has 1 saturated heterocycles. The van der Waals surface area contributed by atoms with Crippen LogP contribution in [0, 0.1) is 0 Å². The maximum Gasteiger partial charge on any atom is 0.415 e. The van der Waals surface area contributed by atoms with Crippen LogP contribution in [0.3, 0.4) is 0 Å². The zero-order valence-electron chi connectivity index (χ0n) is 14.6. The van der Waals surface area contributed by atoms with Crippen molar-refractivity contribution in [1.29, 1.82) is 0 Å². The summed E-state index contributed by atoms with van der Waals surface area (Å²) in [5.41, 5.74) is 3.33. The van der Waals surface area contributed by atoms with Crippen LogP contribution in [0.25, 0.3) is 11.1 Å². The highest BCUT2D eigenvalue weighted by atomic mass is 16.6. The number of cyclic esters (lactones) is 1. The van der Waals surface area contributed by atoms with E-state index >= 15 is 0 Å². The van der Waals surface area contributed by atoms with E-state index in [9.17, 15) is 4.79 Å². The zero-order valence-corrected chi connectivity index (χ0v) is 14.6. The van der Waals surface area contributed by atoms with Crippen molar-refractivity contribution in [2.24, 2.45) is 0 Å². The van der Waals surface area contributed by atoms with Crippen molar-refractivity contribution < 1.29 is 9.53 Å². The van der Waals surface area contributed by atoms with Crippen LogP contribution in [0.2, 0.25) is 0 Å². The summed E-state index contributed by atoms with van der Waals surface area (Å²) in [6, 6.07) is 21.7. The van der Waals surface area contributed by atoms with E-state index in [1.807, 2.05) is 79.9 Å². The highest BCUT2D eigenvalue weighted by Crippen LogP contribution is 2.36. The van der Waals surface area contributed by atoms with Crippen LogP contribution in [-0.4, -0.2) is 17.6 Å². The molecule has 0 spiro atoms. The Kier molecular flexibility index (Phi) is 4.17. The van der Waals surface area contributed by atoms with Crippen molar-refractivity contribution in [3.05, 3.63) is 84.7 Å². The van der Waals surface area contributed by atoms with Gasteiger partial charge < -0.3 is 4.74 Å². The van der Waals surface area contributed by atoms with Crippen LogP contribution in [0.1, 0.15) is 18.9 Å². The first kappa shape index (κ1) is 16.3.